The second kappa shape index (κ2) is 51.0. The molecule has 0 saturated carbocycles. The van der Waals surface area contributed by atoms with Crippen LogP contribution in [-0.2, 0) is 130 Å². The molecule has 6 heterocycles. The molecule has 133 heavy (non-hydrogen) atoms. The summed E-state index contributed by atoms with van der Waals surface area (Å²) in [5, 5.41) is 58.9. The first-order valence-electron chi connectivity index (χ1n) is 45.2. The molecule has 0 radical (unpaired) electrons. The lowest BCUT2D eigenvalue weighted by Crippen LogP contribution is -2.44. The summed E-state index contributed by atoms with van der Waals surface area (Å²) < 4.78 is 18.9. The van der Waals surface area contributed by atoms with Crippen molar-refractivity contribution in [1.29, 1.82) is 0 Å². The third-order valence-electron chi connectivity index (χ3n) is 23.0. The average Bonchev–Trinajstić information content (AvgIpc) is 1.76. The van der Waals surface area contributed by atoms with E-state index in [4.69, 9.17) is 19.7 Å². The Morgan fingerprint density at radius 1 is 0.323 bits per heavy atom. The lowest BCUT2D eigenvalue weighted by Gasteiger charge is -2.32. The van der Waals surface area contributed by atoms with Crippen LogP contribution in [0.2, 0.25) is 0 Å². The SMILES string of the molecule is CCOCc1cn(-c2ccc(CC(=O)Cc3ccccc3C)cc2)nn1.COCCc1cn(-c2ccc(CC(=O)Cc3ccccc3C)cc2)nn1.Cc1ccccc1CC(=O)Cc1ccc(-n2cc(CCCN3CCN(C)CC3)nn2)cc1.Cc1ccccc1CC(=O)Cc1ccc(-n2cc(CCO)nn2)cc1.Cc1ccccc1CC(=O)Cc1ccc(-n2cc(CO)nn2)cc1. The maximum Gasteiger partial charge on any atom is 0.141 e. The van der Waals surface area contributed by atoms with Gasteiger partial charge in [-0.25, -0.2) is 23.4 Å². The highest BCUT2D eigenvalue weighted by Gasteiger charge is 2.18. The fraction of sp³-hybridized carbons (Fsp3) is 0.299. The van der Waals surface area contributed by atoms with Crippen LogP contribution in [0.4, 0.5) is 0 Å². The smallest absolute Gasteiger partial charge is 0.141 e. The summed E-state index contributed by atoms with van der Waals surface area (Å²) in [6, 6.07) is 79.2. The van der Waals surface area contributed by atoms with E-state index in [0.29, 0.717) is 96.1 Å². The number of piperazine rings is 1. The lowest BCUT2D eigenvalue weighted by molar-refractivity contribution is -0.118. The highest BCUT2D eigenvalue weighted by atomic mass is 16.5. The number of benzene rings is 10. The van der Waals surface area contributed by atoms with Gasteiger partial charge >= 0.3 is 0 Å². The zero-order valence-electron chi connectivity index (χ0n) is 77.3. The van der Waals surface area contributed by atoms with Crippen molar-refractivity contribution in [1.82, 2.24) is 84.8 Å². The molecule has 0 amide bonds. The minimum atomic E-state index is -0.133. The molecule has 686 valence electrons. The minimum Gasteiger partial charge on any atom is -0.396 e. The summed E-state index contributed by atoms with van der Waals surface area (Å²) >= 11 is 0. The number of ketones is 5. The summed E-state index contributed by atoms with van der Waals surface area (Å²) in [6.45, 7) is 19.5. The molecule has 0 bridgehead atoms. The summed E-state index contributed by atoms with van der Waals surface area (Å²) in [5.74, 6) is 1.06. The molecule has 26 heteroatoms. The first-order valence-corrected chi connectivity index (χ1v) is 45.2. The van der Waals surface area contributed by atoms with Crippen LogP contribution in [0.3, 0.4) is 0 Å². The van der Waals surface area contributed by atoms with E-state index >= 15 is 0 Å². The maximum absolute atomic E-state index is 12.5. The van der Waals surface area contributed by atoms with Crippen LogP contribution >= 0.6 is 0 Å². The fourth-order valence-corrected chi connectivity index (χ4v) is 15.1. The second-order valence-electron chi connectivity index (χ2n) is 33.5. The predicted molar refractivity (Wildman–Crippen MR) is 515 cm³/mol. The third kappa shape index (κ3) is 31.4. The molecular weight excluding hydrogens is 1670 g/mol. The van der Waals surface area contributed by atoms with Crippen LogP contribution in [0.25, 0.3) is 28.4 Å². The van der Waals surface area contributed by atoms with Gasteiger partial charge in [0.05, 0.1) is 96.3 Å². The first-order chi connectivity index (χ1) is 64.7. The monoisotopic (exact) mass is 1790 g/mol. The van der Waals surface area contributed by atoms with E-state index in [1.54, 1.807) is 38.2 Å². The van der Waals surface area contributed by atoms with Crippen LogP contribution < -0.4 is 0 Å². The van der Waals surface area contributed by atoms with Crippen LogP contribution in [0.15, 0.2) is 274 Å². The molecule has 0 atom stereocenters. The molecule has 1 fully saturated rings. The van der Waals surface area contributed by atoms with E-state index in [0.717, 1.165) is 181 Å². The Balaban J connectivity index is 0.000000150. The number of aryl methyl sites for hydroxylation is 6. The maximum atomic E-state index is 12.5. The van der Waals surface area contributed by atoms with Crippen molar-refractivity contribution >= 4 is 28.9 Å². The Morgan fingerprint density at radius 3 is 0.857 bits per heavy atom. The van der Waals surface area contributed by atoms with Crippen molar-refractivity contribution in [3.63, 3.8) is 0 Å². The van der Waals surface area contributed by atoms with Crippen LogP contribution in [-0.4, -0.2) is 191 Å². The van der Waals surface area contributed by atoms with Gasteiger partial charge < -0.3 is 29.5 Å². The largest absolute Gasteiger partial charge is 0.396 e. The zero-order valence-corrected chi connectivity index (χ0v) is 77.3. The third-order valence-corrected chi connectivity index (χ3v) is 23.0. The summed E-state index contributed by atoms with van der Waals surface area (Å²) in [6.07, 6.45) is 17.0. The van der Waals surface area contributed by atoms with E-state index < -0.39 is 0 Å². The molecule has 1 saturated heterocycles. The number of ether oxygens (including phenoxy) is 2. The average molecular weight is 1790 g/mol. The summed E-state index contributed by atoms with van der Waals surface area (Å²) in [7, 11) is 3.86. The van der Waals surface area contributed by atoms with Gasteiger partial charge in [0.25, 0.3) is 0 Å². The van der Waals surface area contributed by atoms with Gasteiger partial charge in [0.15, 0.2) is 0 Å². The van der Waals surface area contributed by atoms with E-state index in [9.17, 15) is 24.0 Å². The van der Waals surface area contributed by atoms with Crippen molar-refractivity contribution in [2.45, 2.75) is 145 Å². The normalized spacial score (nSPS) is 11.9. The number of aromatic nitrogens is 15. The molecule has 10 aromatic carbocycles. The second-order valence-corrected chi connectivity index (χ2v) is 33.5. The number of aliphatic hydroxyl groups is 2. The molecule has 0 unspecified atom stereocenters. The summed E-state index contributed by atoms with van der Waals surface area (Å²) in [5.41, 5.74) is 24.8. The molecule has 5 aromatic heterocycles. The molecule has 0 spiro atoms. The van der Waals surface area contributed by atoms with E-state index in [1.807, 2.05) is 294 Å². The van der Waals surface area contributed by atoms with Crippen LogP contribution in [0.5, 0.6) is 0 Å². The molecule has 15 aromatic rings. The van der Waals surface area contributed by atoms with Gasteiger partial charge in [-0.05, 0) is 212 Å². The Morgan fingerprint density at radius 2 is 0.586 bits per heavy atom. The van der Waals surface area contributed by atoms with Crippen LogP contribution in [0.1, 0.15) is 125 Å². The van der Waals surface area contributed by atoms with Gasteiger partial charge in [-0.3, -0.25) is 24.0 Å². The number of rotatable bonds is 38. The number of aliphatic hydroxyl groups excluding tert-OH is 2. The van der Waals surface area contributed by atoms with E-state index in [-0.39, 0.29) is 42.1 Å². The minimum absolute atomic E-state index is 0.0562. The number of methoxy groups -OCH3 is 1. The molecule has 0 aliphatic carbocycles. The highest BCUT2D eigenvalue weighted by Crippen LogP contribution is 2.22. The Kier molecular flexibility index (Phi) is 37.6. The van der Waals surface area contributed by atoms with Crippen molar-refractivity contribution in [2.75, 3.05) is 66.7 Å². The van der Waals surface area contributed by atoms with Crippen LogP contribution in [0, 0.1) is 34.6 Å². The standard InChI is InChI=1S/C26H33N5O.2C21H23N3O2.C20H21N3O2.C19H19N3O2/c1-21-6-3-4-7-23(21)19-26(32)18-22-9-11-25(12-10-22)31-20-24(27-28-31)8-5-13-30-16-14-29(2)15-17-30;1-16-5-3-4-6-18(16)14-21(25)13-17-7-9-20(10-8-17)24-15-19(22-23-24)11-12-26-2;1-3-26-15-19-14-24(23-22-19)20-10-8-17(9-11-20)12-21(25)13-18-7-5-4-6-16(18)2;1-15-4-2-3-5-17(15)13-20(25)12-16-6-8-19(9-7-16)23-14-18(10-11-24)21-22-23;1-14-4-2-3-5-16(14)11-19(24)10-15-6-8-18(9-7-15)22-12-17(13-23)20-21-22/h3-4,6-7,9-12,20H,5,8,13-19H2,1-2H3;3-10,15H,11-14H2,1-2H3;4-11,14H,3,12-13,15H2,1-2H3;2-9,14,24H,10-13H2,1H3;2-9,12,23H,10-11,13H2,1H3. The van der Waals surface area contributed by atoms with Gasteiger partial charge in [-0.1, -0.05) is 208 Å². The Bertz CT molecular complexity index is 6040. The fourth-order valence-electron chi connectivity index (χ4n) is 15.1. The molecule has 2 N–H and O–H groups in total. The topological polar surface area (TPSA) is 304 Å². The number of carbonyl (C=O) groups is 5. The molecule has 26 nitrogen and oxygen atoms in total. The van der Waals surface area contributed by atoms with Crippen molar-refractivity contribution < 1.29 is 43.7 Å². The number of Topliss-reactive ketones (excluding diaryl/α,β-unsaturated/α-hetero) is 5. The molecular formula is C107H119N17O9. The van der Waals surface area contributed by atoms with Crippen molar-refractivity contribution in [2.24, 2.45) is 0 Å². The molecule has 1 aliphatic heterocycles. The Hall–Kier alpha value is -14.0. The lowest BCUT2D eigenvalue weighted by atomic mass is 9.99. The number of likely N-dealkylation sites (N-methyl/N-ethyl adjacent to an activating group) is 1. The molecule has 1 aliphatic rings. The first kappa shape index (κ1) is 98.1. The van der Waals surface area contributed by atoms with Crippen molar-refractivity contribution in [3.8, 4) is 28.4 Å². The van der Waals surface area contributed by atoms with Gasteiger partial charge in [-0.2, -0.15) is 0 Å². The number of carbonyl (C=O) groups excluding carboxylic acids is 5. The number of hydrogen-bond donors (Lipinski definition) is 2. The van der Waals surface area contributed by atoms with E-state index in [2.05, 4.69) is 81.4 Å². The number of hydrogen-bond acceptors (Lipinski definition) is 21. The van der Waals surface area contributed by atoms with Gasteiger partial charge in [-0.15, -0.1) is 25.5 Å². The summed E-state index contributed by atoms with van der Waals surface area (Å²) in [4.78, 5) is 66.7. The zero-order chi connectivity index (χ0) is 93.6. The quantitative estimate of drug-likeness (QED) is 0.0363. The van der Waals surface area contributed by atoms with E-state index in [1.165, 1.54) is 5.56 Å². The predicted octanol–water partition coefficient (Wildman–Crippen LogP) is 14.6. The van der Waals surface area contributed by atoms with Gasteiger partial charge in [0, 0.05) is 124 Å². The Labute approximate surface area is 778 Å². The van der Waals surface area contributed by atoms with Gasteiger partial charge in [0.1, 0.15) is 40.3 Å². The van der Waals surface area contributed by atoms with Crippen molar-refractivity contribution in [3.05, 3.63) is 386 Å². The van der Waals surface area contributed by atoms with Gasteiger partial charge in [0.2, 0.25) is 0 Å². The highest BCUT2D eigenvalue weighted by molar-refractivity contribution is 5.86. The molecule has 16 rings (SSSR count). The number of nitrogens with zero attached hydrogens (tertiary/aromatic N) is 17.